The lowest BCUT2D eigenvalue weighted by Gasteiger charge is -2.56. The molecule has 2 fully saturated rings. The molecule has 5 atom stereocenters. The SMILES string of the molecule is CCOC1=CC2=CCC3C4CCC(=O)C4(C)CCC3C2(COC)CC1. The van der Waals surface area contributed by atoms with Gasteiger partial charge in [-0.25, -0.2) is 0 Å². The Bertz CT molecular complexity index is 619. The van der Waals surface area contributed by atoms with Crippen molar-refractivity contribution in [3.05, 3.63) is 23.5 Å². The minimum absolute atomic E-state index is 0.0538. The Morgan fingerprint density at radius 2 is 2.04 bits per heavy atom. The average Bonchev–Trinajstić information content (AvgIpc) is 2.91. The molecule has 0 heterocycles. The predicted molar refractivity (Wildman–Crippen MR) is 98.0 cm³/mol. The number of hydrogen-bond donors (Lipinski definition) is 0. The summed E-state index contributed by atoms with van der Waals surface area (Å²) in [4.78, 5) is 12.5. The first-order valence-corrected chi connectivity index (χ1v) is 10.1. The summed E-state index contributed by atoms with van der Waals surface area (Å²) in [5.74, 6) is 3.52. The van der Waals surface area contributed by atoms with Crippen molar-refractivity contribution in [2.45, 2.75) is 58.8 Å². The number of rotatable bonds is 4. The van der Waals surface area contributed by atoms with E-state index in [1.807, 2.05) is 7.11 Å². The maximum atomic E-state index is 12.5. The van der Waals surface area contributed by atoms with E-state index in [0.29, 0.717) is 23.5 Å². The fraction of sp³-hybridized carbons (Fsp3) is 0.773. The van der Waals surface area contributed by atoms with Crippen molar-refractivity contribution in [2.75, 3.05) is 20.3 Å². The first-order valence-electron chi connectivity index (χ1n) is 10.1. The Balaban J connectivity index is 1.71. The van der Waals surface area contributed by atoms with Crippen molar-refractivity contribution in [3.8, 4) is 0 Å². The molecular formula is C22H32O3. The Morgan fingerprint density at radius 1 is 1.20 bits per heavy atom. The van der Waals surface area contributed by atoms with Crippen LogP contribution >= 0.6 is 0 Å². The molecule has 0 bridgehead atoms. The van der Waals surface area contributed by atoms with E-state index in [0.717, 1.165) is 57.5 Å². The fourth-order valence-electron chi connectivity index (χ4n) is 6.70. The van der Waals surface area contributed by atoms with E-state index in [2.05, 4.69) is 26.0 Å². The number of hydrogen-bond acceptors (Lipinski definition) is 3. The number of carbonyl (C=O) groups excluding carboxylic acids is 1. The van der Waals surface area contributed by atoms with Gasteiger partial charge in [0.2, 0.25) is 0 Å². The van der Waals surface area contributed by atoms with Gasteiger partial charge in [-0.3, -0.25) is 4.79 Å². The smallest absolute Gasteiger partial charge is 0.139 e. The van der Waals surface area contributed by atoms with Gasteiger partial charge in [-0.2, -0.15) is 0 Å². The van der Waals surface area contributed by atoms with Crippen molar-refractivity contribution in [1.29, 1.82) is 0 Å². The molecule has 25 heavy (non-hydrogen) atoms. The summed E-state index contributed by atoms with van der Waals surface area (Å²) in [6.45, 7) is 5.85. The van der Waals surface area contributed by atoms with Gasteiger partial charge in [0.15, 0.2) is 0 Å². The fourth-order valence-corrected chi connectivity index (χ4v) is 6.70. The maximum Gasteiger partial charge on any atom is 0.139 e. The lowest BCUT2D eigenvalue weighted by molar-refractivity contribution is -0.132. The number of ketones is 1. The number of fused-ring (bicyclic) bond motifs is 5. The van der Waals surface area contributed by atoms with Crippen LogP contribution in [0, 0.1) is 28.6 Å². The van der Waals surface area contributed by atoms with Crippen LogP contribution in [-0.4, -0.2) is 26.1 Å². The van der Waals surface area contributed by atoms with E-state index in [9.17, 15) is 4.79 Å². The number of allylic oxidation sites excluding steroid dienone is 3. The topological polar surface area (TPSA) is 35.5 Å². The molecule has 4 aliphatic carbocycles. The summed E-state index contributed by atoms with van der Waals surface area (Å²) in [6.07, 6.45) is 12.1. The average molecular weight is 344 g/mol. The Hall–Kier alpha value is -1.09. The molecule has 0 aromatic rings. The lowest BCUT2D eigenvalue weighted by atomic mass is 9.48. The second kappa shape index (κ2) is 6.26. The van der Waals surface area contributed by atoms with E-state index in [1.165, 1.54) is 12.0 Å². The maximum absolute atomic E-state index is 12.5. The molecule has 0 spiro atoms. The van der Waals surface area contributed by atoms with E-state index in [1.54, 1.807) is 0 Å². The third kappa shape index (κ3) is 2.45. The molecule has 0 saturated heterocycles. The van der Waals surface area contributed by atoms with E-state index in [4.69, 9.17) is 9.47 Å². The van der Waals surface area contributed by atoms with Crippen molar-refractivity contribution in [3.63, 3.8) is 0 Å². The van der Waals surface area contributed by atoms with Gasteiger partial charge >= 0.3 is 0 Å². The summed E-state index contributed by atoms with van der Waals surface area (Å²) >= 11 is 0. The second-order valence-corrected chi connectivity index (χ2v) is 8.82. The quantitative estimate of drug-likeness (QED) is 0.743. The first kappa shape index (κ1) is 17.3. The van der Waals surface area contributed by atoms with E-state index in [-0.39, 0.29) is 10.8 Å². The highest BCUT2D eigenvalue weighted by Gasteiger charge is 2.59. The van der Waals surface area contributed by atoms with Gasteiger partial charge in [0.05, 0.1) is 19.0 Å². The highest BCUT2D eigenvalue weighted by molar-refractivity contribution is 5.87. The monoisotopic (exact) mass is 344 g/mol. The third-order valence-electron chi connectivity index (χ3n) is 7.91. The minimum atomic E-state index is -0.0538. The number of Topliss-reactive ketones (excluding diaryl/α,β-unsaturated/α-hetero) is 1. The van der Waals surface area contributed by atoms with Crippen LogP contribution in [0.5, 0.6) is 0 Å². The van der Waals surface area contributed by atoms with Gasteiger partial charge in [0.25, 0.3) is 0 Å². The molecule has 3 nitrogen and oxygen atoms in total. The zero-order chi connectivity index (χ0) is 17.7. The predicted octanol–water partition coefficient (Wildman–Crippen LogP) is 4.68. The molecular weight excluding hydrogens is 312 g/mol. The van der Waals surface area contributed by atoms with Gasteiger partial charge in [0, 0.05) is 30.8 Å². The Kier molecular flexibility index (Phi) is 4.34. The minimum Gasteiger partial charge on any atom is -0.498 e. The Morgan fingerprint density at radius 3 is 2.80 bits per heavy atom. The number of carbonyl (C=O) groups is 1. The molecule has 0 aliphatic heterocycles. The summed E-state index contributed by atoms with van der Waals surface area (Å²) in [6, 6.07) is 0. The van der Waals surface area contributed by atoms with Gasteiger partial charge in [-0.05, 0) is 68.4 Å². The standard InChI is InChI=1S/C22H32O3/c1-4-25-16-9-12-22(14-24-3)15(13-16)5-6-17-18-7-8-20(23)21(18,2)11-10-19(17)22/h5,13,17-19H,4,6-12,14H2,1-3H3. The summed E-state index contributed by atoms with van der Waals surface area (Å²) < 4.78 is 11.6. The highest BCUT2D eigenvalue weighted by Crippen LogP contribution is 2.63. The van der Waals surface area contributed by atoms with E-state index < -0.39 is 0 Å². The molecule has 3 heteroatoms. The molecule has 5 unspecified atom stereocenters. The van der Waals surface area contributed by atoms with Crippen LogP contribution in [0.3, 0.4) is 0 Å². The number of ether oxygens (including phenoxy) is 2. The molecule has 0 radical (unpaired) electrons. The van der Waals surface area contributed by atoms with Crippen molar-refractivity contribution >= 4 is 5.78 Å². The van der Waals surface area contributed by atoms with Crippen LogP contribution in [-0.2, 0) is 14.3 Å². The van der Waals surface area contributed by atoms with Crippen LogP contribution < -0.4 is 0 Å². The largest absolute Gasteiger partial charge is 0.498 e. The lowest BCUT2D eigenvalue weighted by Crippen LogP contribution is -2.52. The van der Waals surface area contributed by atoms with Crippen molar-refractivity contribution in [1.82, 2.24) is 0 Å². The van der Waals surface area contributed by atoms with E-state index >= 15 is 0 Å². The molecule has 0 aromatic carbocycles. The molecule has 2 saturated carbocycles. The van der Waals surface area contributed by atoms with Crippen LogP contribution in [0.15, 0.2) is 23.5 Å². The molecule has 0 N–H and O–H groups in total. The highest BCUT2D eigenvalue weighted by atomic mass is 16.5. The Labute approximate surface area is 151 Å². The zero-order valence-electron chi connectivity index (χ0n) is 16.0. The number of methoxy groups -OCH3 is 1. The summed E-state index contributed by atoms with van der Waals surface area (Å²) in [7, 11) is 1.84. The summed E-state index contributed by atoms with van der Waals surface area (Å²) in [5.41, 5.74) is 1.52. The molecule has 4 rings (SSSR count). The van der Waals surface area contributed by atoms with Gasteiger partial charge < -0.3 is 9.47 Å². The van der Waals surface area contributed by atoms with Gasteiger partial charge in [-0.15, -0.1) is 0 Å². The first-order chi connectivity index (χ1) is 12.0. The van der Waals surface area contributed by atoms with Crippen molar-refractivity contribution in [2.24, 2.45) is 28.6 Å². The van der Waals surface area contributed by atoms with Crippen molar-refractivity contribution < 1.29 is 14.3 Å². The molecule has 0 aromatic heterocycles. The molecule has 138 valence electrons. The van der Waals surface area contributed by atoms with Crippen LogP contribution in [0.4, 0.5) is 0 Å². The second-order valence-electron chi connectivity index (χ2n) is 8.82. The van der Waals surface area contributed by atoms with Crippen LogP contribution in [0.25, 0.3) is 0 Å². The van der Waals surface area contributed by atoms with Crippen LogP contribution in [0.1, 0.15) is 58.8 Å². The molecule has 4 aliphatic rings. The third-order valence-corrected chi connectivity index (χ3v) is 7.91. The van der Waals surface area contributed by atoms with Gasteiger partial charge in [-0.1, -0.05) is 13.0 Å². The van der Waals surface area contributed by atoms with Crippen LogP contribution in [0.2, 0.25) is 0 Å². The normalized spacial score (nSPS) is 42.8. The molecule has 0 amide bonds. The summed E-state index contributed by atoms with van der Waals surface area (Å²) in [5, 5.41) is 0. The zero-order valence-corrected chi connectivity index (χ0v) is 16.0. The van der Waals surface area contributed by atoms with Gasteiger partial charge in [0.1, 0.15) is 5.78 Å².